The molecule has 0 aliphatic rings. The summed E-state index contributed by atoms with van der Waals surface area (Å²) >= 11 is 11.4. The molecule has 0 aliphatic carbocycles. The number of fused-ring (bicyclic) bond motifs is 1. The Hall–Kier alpha value is -3.22. The highest BCUT2D eigenvalue weighted by Crippen LogP contribution is 2.26. The Balaban J connectivity index is 1.40. The summed E-state index contributed by atoms with van der Waals surface area (Å²) in [4.78, 5) is 20.1. The van der Waals surface area contributed by atoms with E-state index in [9.17, 15) is 4.79 Å². The number of thiocarbonyl (C=S) groups is 1. The first-order chi connectivity index (χ1) is 14.5. The number of benzene rings is 3. The third-order valence-corrected chi connectivity index (χ3v) is 5.25. The average molecular weight is 435 g/mol. The average Bonchev–Trinajstić information content (AvgIpc) is 3.12. The van der Waals surface area contributed by atoms with Gasteiger partial charge < -0.3 is 15.6 Å². The number of halogens is 1. The molecule has 0 spiro atoms. The van der Waals surface area contributed by atoms with Crippen molar-refractivity contribution in [2.45, 2.75) is 13.3 Å². The lowest BCUT2D eigenvalue weighted by atomic mass is 10.1. The third kappa shape index (κ3) is 4.67. The Bertz CT molecular complexity index is 1180. The van der Waals surface area contributed by atoms with Gasteiger partial charge in [-0.25, -0.2) is 4.98 Å². The van der Waals surface area contributed by atoms with Crippen molar-refractivity contribution in [3.63, 3.8) is 0 Å². The number of hydrogen-bond acceptors (Lipinski definition) is 3. The third-order valence-electron chi connectivity index (χ3n) is 4.64. The number of rotatable bonds is 4. The molecule has 30 heavy (non-hydrogen) atoms. The van der Waals surface area contributed by atoms with E-state index in [0.717, 1.165) is 39.2 Å². The highest BCUT2D eigenvalue weighted by molar-refractivity contribution is 7.80. The van der Waals surface area contributed by atoms with Gasteiger partial charge in [0.15, 0.2) is 5.11 Å². The van der Waals surface area contributed by atoms with Gasteiger partial charge in [0, 0.05) is 16.3 Å². The number of H-pyrrole nitrogens is 1. The maximum absolute atomic E-state index is 12.1. The van der Waals surface area contributed by atoms with Crippen molar-refractivity contribution in [3.05, 3.63) is 82.9 Å². The number of carbonyl (C=O) groups excluding carboxylic acids is 1. The first-order valence-electron chi connectivity index (χ1n) is 9.39. The number of nitrogens with zero attached hydrogens (tertiary/aromatic N) is 1. The minimum absolute atomic E-state index is 0.161. The number of amides is 1. The van der Waals surface area contributed by atoms with Crippen molar-refractivity contribution in [2.24, 2.45) is 0 Å². The molecular weight excluding hydrogens is 416 g/mol. The van der Waals surface area contributed by atoms with Crippen LogP contribution >= 0.6 is 23.8 Å². The second-order valence-electron chi connectivity index (χ2n) is 6.95. The second-order valence-corrected chi connectivity index (χ2v) is 7.76. The van der Waals surface area contributed by atoms with Crippen molar-refractivity contribution in [2.75, 3.05) is 5.32 Å². The summed E-state index contributed by atoms with van der Waals surface area (Å²) in [5.74, 6) is 0.600. The van der Waals surface area contributed by atoms with Crippen LogP contribution in [0.1, 0.15) is 11.1 Å². The summed E-state index contributed by atoms with van der Waals surface area (Å²) in [7, 11) is 0. The molecule has 3 N–H and O–H groups in total. The fraction of sp³-hybridized carbons (Fsp3) is 0.0870. The molecule has 4 aromatic rings. The molecule has 4 rings (SSSR count). The fourth-order valence-electron chi connectivity index (χ4n) is 3.10. The molecule has 0 saturated carbocycles. The van der Waals surface area contributed by atoms with Crippen LogP contribution in [0.4, 0.5) is 5.69 Å². The Kier molecular flexibility index (Phi) is 5.79. The van der Waals surface area contributed by atoms with Crippen LogP contribution in [0.2, 0.25) is 5.02 Å². The van der Waals surface area contributed by atoms with Crippen LogP contribution in [0.3, 0.4) is 0 Å². The lowest BCUT2D eigenvalue weighted by molar-refractivity contribution is -0.119. The van der Waals surface area contributed by atoms with Crippen LogP contribution in [0.25, 0.3) is 22.4 Å². The van der Waals surface area contributed by atoms with E-state index in [4.69, 9.17) is 23.8 Å². The Morgan fingerprint density at radius 1 is 1.10 bits per heavy atom. The van der Waals surface area contributed by atoms with E-state index >= 15 is 0 Å². The quantitative estimate of drug-likeness (QED) is 0.384. The number of hydrogen-bond donors (Lipinski definition) is 3. The molecule has 0 fully saturated rings. The topological polar surface area (TPSA) is 69.8 Å². The molecule has 5 nitrogen and oxygen atoms in total. The van der Waals surface area contributed by atoms with E-state index in [2.05, 4.69) is 20.6 Å². The lowest BCUT2D eigenvalue weighted by Gasteiger charge is -2.10. The van der Waals surface area contributed by atoms with E-state index in [1.165, 1.54) is 0 Å². The SMILES string of the molecule is Cc1cc2[nH]c(-c3ccc(NC(=S)NC(=O)Cc4ccccc4)cc3)nc2cc1Cl. The van der Waals surface area contributed by atoms with E-state index in [1.54, 1.807) is 0 Å². The first kappa shape index (κ1) is 20.1. The van der Waals surface area contributed by atoms with Crippen LogP contribution in [-0.2, 0) is 11.2 Å². The Morgan fingerprint density at radius 3 is 2.57 bits per heavy atom. The summed E-state index contributed by atoms with van der Waals surface area (Å²) in [5.41, 5.74) is 5.41. The monoisotopic (exact) mass is 434 g/mol. The maximum atomic E-state index is 12.1. The van der Waals surface area contributed by atoms with Crippen LogP contribution < -0.4 is 10.6 Å². The predicted octanol–water partition coefficient (Wildman–Crippen LogP) is 5.25. The fourth-order valence-corrected chi connectivity index (χ4v) is 3.49. The lowest BCUT2D eigenvalue weighted by Crippen LogP contribution is -2.35. The standard InChI is InChI=1S/C23H19ClN4OS/c1-14-11-19-20(13-18(14)24)27-22(26-19)16-7-9-17(10-8-16)25-23(30)28-21(29)12-15-5-3-2-4-6-15/h2-11,13H,12H2,1H3,(H,26,27)(H2,25,28,29,30). The predicted molar refractivity (Wildman–Crippen MR) is 126 cm³/mol. The molecule has 7 heteroatoms. The van der Waals surface area contributed by atoms with Gasteiger partial charge >= 0.3 is 0 Å². The molecule has 0 aliphatic heterocycles. The van der Waals surface area contributed by atoms with Crippen LogP contribution in [0.5, 0.6) is 0 Å². The molecule has 0 bridgehead atoms. The molecule has 0 atom stereocenters. The second kappa shape index (κ2) is 8.65. The van der Waals surface area contributed by atoms with Crippen molar-refractivity contribution < 1.29 is 4.79 Å². The minimum Gasteiger partial charge on any atom is -0.338 e. The van der Waals surface area contributed by atoms with Crippen molar-refractivity contribution in [3.8, 4) is 11.4 Å². The Morgan fingerprint density at radius 2 is 1.83 bits per heavy atom. The summed E-state index contributed by atoms with van der Waals surface area (Å²) in [6.45, 7) is 1.96. The zero-order chi connectivity index (χ0) is 21.1. The molecule has 0 saturated heterocycles. The largest absolute Gasteiger partial charge is 0.338 e. The first-order valence-corrected chi connectivity index (χ1v) is 10.2. The van der Waals surface area contributed by atoms with Gasteiger partial charge in [0.25, 0.3) is 0 Å². The number of carbonyl (C=O) groups is 1. The van der Waals surface area contributed by atoms with Crippen LogP contribution in [0, 0.1) is 6.92 Å². The van der Waals surface area contributed by atoms with E-state index in [-0.39, 0.29) is 17.4 Å². The van der Waals surface area contributed by atoms with Gasteiger partial charge in [-0.05, 0) is 66.7 Å². The highest BCUT2D eigenvalue weighted by Gasteiger charge is 2.09. The number of anilines is 1. The number of imidazole rings is 1. The van der Waals surface area contributed by atoms with Crippen LogP contribution in [0.15, 0.2) is 66.7 Å². The number of aromatic nitrogens is 2. The van der Waals surface area contributed by atoms with Crippen molar-refractivity contribution in [1.82, 2.24) is 15.3 Å². The van der Waals surface area contributed by atoms with Gasteiger partial charge in [-0.2, -0.15) is 0 Å². The molecule has 0 radical (unpaired) electrons. The highest BCUT2D eigenvalue weighted by atomic mass is 35.5. The normalized spacial score (nSPS) is 10.7. The zero-order valence-electron chi connectivity index (χ0n) is 16.2. The molecule has 150 valence electrons. The Labute approximate surface area is 184 Å². The molecule has 1 aromatic heterocycles. The minimum atomic E-state index is -0.161. The number of aromatic amines is 1. The van der Waals surface area contributed by atoms with Gasteiger partial charge in [-0.15, -0.1) is 0 Å². The van der Waals surface area contributed by atoms with E-state index in [0.29, 0.717) is 5.02 Å². The van der Waals surface area contributed by atoms with Gasteiger partial charge in [-0.3, -0.25) is 4.79 Å². The summed E-state index contributed by atoms with van der Waals surface area (Å²) < 4.78 is 0. The van der Waals surface area contributed by atoms with E-state index in [1.807, 2.05) is 73.7 Å². The van der Waals surface area contributed by atoms with E-state index < -0.39 is 0 Å². The molecule has 0 unspecified atom stereocenters. The van der Waals surface area contributed by atoms with Crippen LogP contribution in [-0.4, -0.2) is 21.0 Å². The zero-order valence-corrected chi connectivity index (χ0v) is 17.8. The van der Waals surface area contributed by atoms with Crippen molar-refractivity contribution >= 4 is 51.6 Å². The summed E-state index contributed by atoms with van der Waals surface area (Å²) in [6, 6.07) is 21.0. The summed E-state index contributed by atoms with van der Waals surface area (Å²) in [5, 5.41) is 6.69. The van der Waals surface area contributed by atoms with Crippen molar-refractivity contribution in [1.29, 1.82) is 0 Å². The van der Waals surface area contributed by atoms with Gasteiger partial charge in [0.05, 0.1) is 17.5 Å². The molecular formula is C23H19ClN4OS. The number of nitrogens with one attached hydrogen (secondary N) is 3. The molecule has 3 aromatic carbocycles. The maximum Gasteiger partial charge on any atom is 0.230 e. The molecule has 1 amide bonds. The number of aryl methyl sites for hydroxylation is 1. The molecule has 1 heterocycles. The summed E-state index contributed by atoms with van der Waals surface area (Å²) in [6.07, 6.45) is 0.275. The van der Waals surface area contributed by atoms with Gasteiger partial charge in [-0.1, -0.05) is 41.9 Å². The van der Waals surface area contributed by atoms with Gasteiger partial charge in [0.1, 0.15) is 5.82 Å². The van der Waals surface area contributed by atoms with Gasteiger partial charge in [0.2, 0.25) is 5.91 Å². The smallest absolute Gasteiger partial charge is 0.230 e.